The quantitative estimate of drug-likeness (QED) is 0.439. The van der Waals surface area contributed by atoms with E-state index in [1.54, 1.807) is 13.0 Å². The lowest BCUT2D eigenvalue weighted by atomic mass is 10.1. The second kappa shape index (κ2) is 11.0. The molecule has 2 aromatic rings. The Balaban J connectivity index is 1.98. The van der Waals surface area contributed by atoms with E-state index in [4.69, 9.17) is 14.2 Å². The van der Waals surface area contributed by atoms with Crippen LogP contribution in [0.3, 0.4) is 0 Å². The number of pyridine rings is 1. The number of nitrogens with zero attached hydrogens (tertiary/aromatic N) is 1. The van der Waals surface area contributed by atoms with E-state index < -0.39 is 35.6 Å². The molecule has 1 heterocycles. The summed E-state index contributed by atoms with van der Waals surface area (Å²) in [5.74, 6) is -1.90. The minimum atomic E-state index is -1.01. The summed E-state index contributed by atoms with van der Waals surface area (Å²) < 4.78 is 29.3. The monoisotopic (exact) mass is 432 g/mol. The van der Waals surface area contributed by atoms with Crippen molar-refractivity contribution in [2.24, 2.45) is 0 Å². The third-order valence-corrected chi connectivity index (χ3v) is 4.23. The fourth-order valence-electron chi connectivity index (χ4n) is 2.72. The van der Waals surface area contributed by atoms with E-state index >= 15 is 0 Å². The van der Waals surface area contributed by atoms with Crippen LogP contribution in [0.15, 0.2) is 43.1 Å². The number of halogens is 1. The summed E-state index contributed by atoms with van der Waals surface area (Å²) in [6, 6.07) is 4.49. The summed E-state index contributed by atoms with van der Waals surface area (Å²) in [6.45, 7) is 6.88. The van der Waals surface area contributed by atoms with Gasteiger partial charge in [0.1, 0.15) is 30.3 Å². The van der Waals surface area contributed by atoms with Crippen LogP contribution in [0.4, 0.5) is 4.39 Å². The lowest BCUT2D eigenvalue weighted by Gasteiger charge is -2.19. The molecule has 1 aromatic carbocycles. The van der Waals surface area contributed by atoms with Gasteiger partial charge in [-0.05, 0) is 25.5 Å². The Kier molecular flexibility index (Phi) is 8.36. The fourth-order valence-corrected chi connectivity index (χ4v) is 2.72. The third-order valence-electron chi connectivity index (χ3n) is 4.23. The molecule has 166 valence electrons. The molecule has 0 fully saturated rings. The van der Waals surface area contributed by atoms with Crippen molar-refractivity contribution in [3.05, 3.63) is 60.2 Å². The Hall–Kier alpha value is -3.62. The van der Waals surface area contributed by atoms with Crippen molar-refractivity contribution in [2.45, 2.75) is 32.4 Å². The van der Waals surface area contributed by atoms with Gasteiger partial charge >= 0.3 is 5.97 Å². The second-order valence-corrected chi connectivity index (χ2v) is 6.71. The van der Waals surface area contributed by atoms with Crippen LogP contribution in [0.25, 0.3) is 0 Å². The van der Waals surface area contributed by atoms with Crippen LogP contribution >= 0.6 is 0 Å². The predicted octanol–water partition coefficient (Wildman–Crippen LogP) is 2.79. The van der Waals surface area contributed by atoms with Gasteiger partial charge in [0, 0.05) is 24.8 Å². The average molecular weight is 432 g/mol. The first-order chi connectivity index (χ1) is 14.8. The number of methoxy groups -OCH3 is 1. The highest BCUT2D eigenvalue weighted by atomic mass is 19.1. The lowest BCUT2D eigenvalue weighted by Crippen LogP contribution is -2.41. The van der Waals surface area contributed by atoms with Gasteiger partial charge in [-0.1, -0.05) is 18.7 Å². The molecule has 0 spiro atoms. The first-order valence-corrected chi connectivity index (χ1v) is 9.52. The Morgan fingerprint density at radius 3 is 2.71 bits per heavy atom. The van der Waals surface area contributed by atoms with Gasteiger partial charge in [-0.3, -0.25) is 4.79 Å². The highest BCUT2D eigenvalue weighted by molar-refractivity contribution is 5.97. The molecule has 2 atom stereocenters. The zero-order valence-corrected chi connectivity index (χ0v) is 17.6. The number of aromatic nitrogens is 1. The Bertz CT molecular complexity index is 950. The van der Waals surface area contributed by atoms with E-state index in [0.29, 0.717) is 11.3 Å². The summed E-state index contributed by atoms with van der Waals surface area (Å²) in [5.41, 5.74) is 0.383. The zero-order chi connectivity index (χ0) is 23.0. The van der Waals surface area contributed by atoms with Crippen molar-refractivity contribution in [2.75, 3.05) is 13.7 Å². The molecule has 0 saturated heterocycles. The molecular weight excluding hydrogens is 407 g/mol. The molecule has 0 aliphatic rings. The first kappa shape index (κ1) is 23.7. The van der Waals surface area contributed by atoms with E-state index in [1.165, 1.54) is 44.5 Å². The van der Waals surface area contributed by atoms with E-state index in [9.17, 15) is 19.1 Å². The van der Waals surface area contributed by atoms with Gasteiger partial charge in [0.05, 0.1) is 7.11 Å². The SMILES string of the molecule is C=CCOc1cc(F)ccc1C[C@H](C)OC(=O)[C@H](C)NC(=O)c1nccc(OC)c1O. The van der Waals surface area contributed by atoms with Crippen LogP contribution in [-0.2, 0) is 16.0 Å². The number of nitrogens with one attached hydrogen (secondary N) is 1. The number of ether oxygens (including phenoxy) is 3. The van der Waals surface area contributed by atoms with Crippen LogP contribution in [-0.4, -0.2) is 47.8 Å². The number of benzene rings is 1. The molecule has 8 nitrogen and oxygen atoms in total. The lowest BCUT2D eigenvalue weighted by molar-refractivity contribution is -0.150. The molecule has 9 heteroatoms. The number of rotatable bonds is 10. The first-order valence-electron chi connectivity index (χ1n) is 9.52. The van der Waals surface area contributed by atoms with Crippen LogP contribution in [0.5, 0.6) is 17.2 Å². The molecule has 0 radical (unpaired) electrons. The van der Waals surface area contributed by atoms with Crippen molar-refractivity contribution in [1.82, 2.24) is 10.3 Å². The summed E-state index contributed by atoms with van der Waals surface area (Å²) in [6.07, 6.45) is 2.54. The zero-order valence-electron chi connectivity index (χ0n) is 17.6. The third kappa shape index (κ3) is 6.43. The van der Waals surface area contributed by atoms with Crippen LogP contribution in [0, 0.1) is 5.82 Å². The van der Waals surface area contributed by atoms with Gasteiger partial charge in [-0.25, -0.2) is 14.2 Å². The number of aromatic hydroxyl groups is 1. The van der Waals surface area contributed by atoms with E-state index in [0.717, 1.165) is 0 Å². The molecule has 0 saturated carbocycles. The summed E-state index contributed by atoms with van der Waals surface area (Å²) >= 11 is 0. The fraction of sp³-hybridized carbons (Fsp3) is 0.318. The van der Waals surface area contributed by atoms with Gasteiger partial charge in [0.25, 0.3) is 5.91 Å². The number of carbonyl (C=O) groups is 2. The Labute approximate surface area is 179 Å². The Morgan fingerprint density at radius 1 is 1.29 bits per heavy atom. The largest absolute Gasteiger partial charge is 0.503 e. The average Bonchev–Trinajstić information content (AvgIpc) is 2.73. The van der Waals surface area contributed by atoms with Crippen LogP contribution in [0.1, 0.15) is 29.9 Å². The maximum Gasteiger partial charge on any atom is 0.328 e. The maximum atomic E-state index is 13.5. The van der Waals surface area contributed by atoms with E-state index in [1.807, 2.05) is 0 Å². The number of esters is 1. The highest BCUT2D eigenvalue weighted by Crippen LogP contribution is 2.27. The van der Waals surface area contributed by atoms with Crippen molar-refractivity contribution in [1.29, 1.82) is 0 Å². The van der Waals surface area contributed by atoms with Crippen molar-refractivity contribution in [3.63, 3.8) is 0 Å². The van der Waals surface area contributed by atoms with E-state index in [-0.39, 0.29) is 24.5 Å². The van der Waals surface area contributed by atoms with Gasteiger partial charge in [0.15, 0.2) is 17.2 Å². The number of amides is 1. The molecule has 2 N–H and O–H groups in total. The van der Waals surface area contributed by atoms with Crippen LogP contribution < -0.4 is 14.8 Å². The smallest absolute Gasteiger partial charge is 0.328 e. The molecule has 0 aliphatic heterocycles. The molecule has 31 heavy (non-hydrogen) atoms. The molecule has 0 bridgehead atoms. The summed E-state index contributed by atoms with van der Waals surface area (Å²) in [7, 11) is 1.34. The molecular formula is C22H25FN2O6. The minimum absolute atomic E-state index is 0.0813. The summed E-state index contributed by atoms with van der Waals surface area (Å²) in [5, 5.41) is 12.4. The van der Waals surface area contributed by atoms with Crippen LogP contribution in [0.2, 0.25) is 0 Å². The van der Waals surface area contributed by atoms with E-state index in [2.05, 4.69) is 16.9 Å². The molecule has 1 aromatic heterocycles. The van der Waals surface area contributed by atoms with Crippen molar-refractivity contribution >= 4 is 11.9 Å². The normalized spacial score (nSPS) is 12.4. The molecule has 0 unspecified atom stereocenters. The number of carbonyl (C=O) groups excluding carboxylic acids is 2. The van der Waals surface area contributed by atoms with Gasteiger partial charge < -0.3 is 24.6 Å². The Morgan fingerprint density at radius 2 is 2.03 bits per heavy atom. The van der Waals surface area contributed by atoms with Gasteiger partial charge in [0.2, 0.25) is 0 Å². The number of hydrogen-bond donors (Lipinski definition) is 2. The summed E-state index contributed by atoms with van der Waals surface area (Å²) in [4.78, 5) is 28.5. The standard InChI is InChI=1S/C22H25FN2O6/c1-5-10-30-18-12-16(23)7-6-15(18)11-13(2)31-22(28)14(3)25-21(27)19-20(26)17(29-4)8-9-24-19/h5-9,12-14,26H,1,10-11H2,2-4H3,(H,25,27)/t13-,14-/m0/s1. The van der Waals surface area contributed by atoms with Gasteiger partial charge in [-0.15, -0.1) is 0 Å². The predicted molar refractivity (Wildman–Crippen MR) is 111 cm³/mol. The minimum Gasteiger partial charge on any atom is -0.503 e. The van der Waals surface area contributed by atoms with Gasteiger partial charge in [-0.2, -0.15) is 0 Å². The topological polar surface area (TPSA) is 107 Å². The van der Waals surface area contributed by atoms with Crippen molar-refractivity contribution in [3.8, 4) is 17.2 Å². The number of hydrogen-bond acceptors (Lipinski definition) is 7. The van der Waals surface area contributed by atoms with Crippen molar-refractivity contribution < 1.29 is 33.3 Å². The second-order valence-electron chi connectivity index (χ2n) is 6.71. The molecule has 1 amide bonds. The molecule has 0 aliphatic carbocycles. The maximum absolute atomic E-state index is 13.5. The molecule has 2 rings (SSSR count). The highest BCUT2D eigenvalue weighted by Gasteiger charge is 2.24.